The van der Waals surface area contributed by atoms with E-state index in [1.54, 1.807) is 0 Å². The van der Waals surface area contributed by atoms with Crippen molar-refractivity contribution in [3.05, 3.63) is 42.5 Å². The maximum atomic E-state index is 4.07. The van der Waals surface area contributed by atoms with Crippen LogP contribution in [-0.4, -0.2) is 38.6 Å². The summed E-state index contributed by atoms with van der Waals surface area (Å²) in [5, 5.41) is 3.37. The lowest BCUT2D eigenvalue weighted by molar-refractivity contribution is 0.405. The molecule has 1 aromatic carbocycles. The molecule has 1 aromatic rings. The van der Waals surface area contributed by atoms with Crippen molar-refractivity contribution >= 4 is 5.57 Å². The molecule has 1 N–H and O–H groups in total. The van der Waals surface area contributed by atoms with Gasteiger partial charge in [0.2, 0.25) is 0 Å². The number of rotatable bonds is 6. The summed E-state index contributed by atoms with van der Waals surface area (Å²) in [7, 11) is 4.15. The normalized spacial score (nSPS) is 10.6. The first-order chi connectivity index (χ1) is 7.20. The zero-order valence-corrected chi connectivity index (χ0v) is 9.66. The fourth-order valence-corrected chi connectivity index (χ4v) is 1.32. The van der Waals surface area contributed by atoms with E-state index in [1.165, 1.54) is 5.56 Å². The first-order valence-corrected chi connectivity index (χ1v) is 5.29. The molecule has 0 aliphatic heterocycles. The fraction of sp³-hybridized carbons (Fsp3) is 0.385. The van der Waals surface area contributed by atoms with Crippen molar-refractivity contribution in [2.45, 2.75) is 0 Å². The van der Waals surface area contributed by atoms with Gasteiger partial charge in [0, 0.05) is 19.6 Å². The van der Waals surface area contributed by atoms with Crippen molar-refractivity contribution in [2.75, 3.05) is 33.7 Å². The maximum Gasteiger partial charge on any atom is 0.0206 e. The zero-order valence-electron chi connectivity index (χ0n) is 9.66. The van der Waals surface area contributed by atoms with Crippen LogP contribution in [-0.2, 0) is 0 Å². The van der Waals surface area contributed by atoms with Crippen LogP contribution in [0.3, 0.4) is 0 Å². The number of benzene rings is 1. The number of hydrogen-bond acceptors (Lipinski definition) is 2. The van der Waals surface area contributed by atoms with Crippen LogP contribution in [0.5, 0.6) is 0 Å². The highest BCUT2D eigenvalue weighted by atomic mass is 15.1. The van der Waals surface area contributed by atoms with E-state index in [0.717, 1.165) is 25.2 Å². The van der Waals surface area contributed by atoms with Crippen LogP contribution >= 0.6 is 0 Å². The Morgan fingerprint density at radius 3 is 2.53 bits per heavy atom. The van der Waals surface area contributed by atoms with E-state index < -0.39 is 0 Å². The molecule has 0 fully saturated rings. The molecule has 2 nitrogen and oxygen atoms in total. The van der Waals surface area contributed by atoms with Gasteiger partial charge in [0.15, 0.2) is 0 Å². The molecule has 0 unspecified atom stereocenters. The SMILES string of the molecule is C=C(CNCCN(C)C)c1ccccc1. The first kappa shape index (κ1) is 12.0. The van der Waals surface area contributed by atoms with Crippen LogP contribution in [0.25, 0.3) is 5.57 Å². The molecule has 0 bridgehead atoms. The second-order valence-electron chi connectivity index (χ2n) is 3.95. The van der Waals surface area contributed by atoms with Gasteiger partial charge in [0.05, 0.1) is 0 Å². The van der Waals surface area contributed by atoms with Crippen molar-refractivity contribution in [1.29, 1.82) is 0 Å². The molecule has 1 rings (SSSR count). The molecular formula is C13H20N2. The van der Waals surface area contributed by atoms with Gasteiger partial charge in [-0.05, 0) is 25.2 Å². The van der Waals surface area contributed by atoms with E-state index >= 15 is 0 Å². The van der Waals surface area contributed by atoms with Crippen molar-refractivity contribution in [3.8, 4) is 0 Å². The van der Waals surface area contributed by atoms with Crippen LogP contribution in [0.4, 0.5) is 0 Å². The lowest BCUT2D eigenvalue weighted by Crippen LogP contribution is -2.27. The summed E-state index contributed by atoms with van der Waals surface area (Å²) in [6.07, 6.45) is 0. The second kappa shape index (κ2) is 6.38. The molecule has 0 spiro atoms. The van der Waals surface area contributed by atoms with Crippen molar-refractivity contribution < 1.29 is 0 Å². The van der Waals surface area contributed by atoms with Gasteiger partial charge >= 0.3 is 0 Å². The van der Waals surface area contributed by atoms with E-state index in [1.807, 2.05) is 18.2 Å². The minimum Gasteiger partial charge on any atom is -0.311 e. The Labute approximate surface area is 92.6 Å². The minimum atomic E-state index is 0.859. The second-order valence-corrected chi connectivity index (χ2v) is 3.95. The Morgan fingerprint density at radius 2 is 1.93 bits per heavy atom. The molecule has 0 amide bonds. The van der Waals surface area contributed by atoms with Gasteiger partial charge in [0.25, 0.3) is 0 Å². The molecular weight excluding hydrogens is 184 g/mol. The van der Waals surface area contributed by atoms with Crippen molar-refractivity contribution in [1.82, 2.24) is 10.2 Å². The van der Waals surface area contributed by atoms with Gasteiger partial charge in [-0.3, -0.25) is 0 Å². The van der Waals surface area contributed by atoms with Gasteiger partial charge in [0.1, 0.15) is 0 Å². The van der Waals surface area contributed by atoms with Crippen molar-refractivity contribution in [3.63, 3.8) is 0 Å². The average Bonchev–Trinajstić information content (AvgIpc) is 2.25. The Bertz CT molecular complexity index is 291. The fourth-order valence-electron chi connectivity index (χ4n) is 1.32. The molecule has 0 radical (unpaired) electrons. The van der Waals surface area contributed by atoms with E-state index in [4.69, 9.17) is 0 Å². The third kappa shape index (κ3) is 4.77. The summed E-state index contributed by atoms with van der Waals surface area (Å²) < 4.78 is 0. The van der Waals surface area contributed by atoms with Gasteiger partial charge in [-0.2, -0.15) is 0 Å². The Morgan fingerprint density at radius 1 is 1.27 bits per heavy atom. The lowest BCUT2D eigenvalue weighted by atomic mass is 10.1. The molecule has 0 aliphatic rings. The maximum absolute atomic E-state index is 4.07. The Balaban J connectivity index is 2.25. The monoisotopic (exact) mass is 204 g/mol. The molecule has 2 heteroatoms. The molecule has 0 aromatic heterocycles. The topological polar surface area (TPSA) is 15.3 Å². The molecule has 0 aliphatic carbocycles. The van der Waals surface area contributed by atoms with Gasteiger partial charge in [-0.1, -0.05) is 36.9 Å². The number of nitrogens with zero attached hydrogens (tertiary/aromatic N) is 1. The summed E-state index contributed by atoms with van der Waals surface area (Å²) in [5.41, 5.74) is 2.37. The summed E-state index contributed by atoms with van der Waals surface area (Å²) >= 11 is 0. The highest BCUT2D eigenvalue weighted by Gasteiger charge is 1.97. The standard InChI is InChI=1S/C13H20N2/c1-12(11-14-9-10-15(2)3)13-7-5-4-6-8-13/h4-8,14H,1,9-11H2,2-3H3. The Kier molecular flexibility index (Phi) is 5.08. The van der Waals surface area contributed by atoms with Crippen LogP contribution in [0.2, 0.25) is 0 Å². The van der Waals surface area contributed by atoms with E-state index in [9.17, 15) is 0 Å². The molecule has 0 saturated heterocycles. The molecule has 15 heavy (non-hydrogen) atoms. The Hall–Kier alpha value is -1.12. The molecule has 0 saturated carbocycles. The largest absolute Gasteiger partial charge is 0.311 e. The molecule has 0 heterocycles. The molecule has 0 atom stereocenters. The van der Waals surface area contributed by atoms with Gasteiger partial charge in [-0.25, -0.2) is 0 Å². The summed E-state index contributed by atoms with van der Waals surface area (Å²) in [6, 6.07) is 10.3. The van der Waals surface area contributed by atoms with Gasteiger partial charge < -0.3 is 10.2 Å². The average molecular weight is 204 g/mol. The molecule has 82 valence electrons. The van der Waals surface area contributed by atoms with Crippen LogP contribution in [0.1, 0.15) is 5.56 Å². The summed E-state index contributed by atoms with van der Waals surface area (Å²) in [4.78, 5) is 2.16. The first-order valence-electron chi connectivity index (χ1n) is 5.29. The lowest BCUT2D eigenvalue weighted by Gasteiger charge is -2.11. The third-order valence-electron chi connectivity index (χ3n) is 2.26. The number of hydrogen-bond donors (Lipinski definition) is 1. The summed E-state index contributed by atoms with van der Waals surface area (Å²) in [6.45, 7) is 6.98. The van der Waals surface area contributed by atoms with Crippen LogP contribution in [0, 0.1) is 0 Å². The summed E-state index contributed by atoms with van der Waals surface area (Å²) in [5.74, 6) is 0. The predicted molar refractivity (Wildman–Crippen MR) is 66.9 cm³/mol. The van der Waals surface area contributed by atoms with E-state index in [-0.39, 0.29) is 0 Å². The number of likely N-dealkylation sites (N-methyl/N-ethyl adjacent to an activating group) is 1. The number of nitrogens with one attached hydrogen (secondary N) is 1. The highest BCUT2D eigenvalue weighted by molar-refractivity contribution is 5.64. The minimum absolute atomic E-state index is 0.859. The highest BCUT2D eigenvalue weighted by Crippen LogP contribution is 2.09. The van der Waals surface area contributed by atoms with E-state index in [0.29, 0.717) is 0 Å². The quantitative estimate of drug-likeness (QED) is 0.711. The predicted octanol–water partition coefficient (Wildman–Crippen LogP) is 1.85. The zero-order chi connectivity index (χ0) is 11.1. The van der Waals surface area contributed by atoms with Crippen LogP contribution < -0.4 is 5.32 Å². The third-order valence-corrected chi connectivity index (χ3v) is 2.26. The smallest absolute Gasteiger partial charge is 0.0206 e. The van der Waals surface area contributed by atoms with Gasteiger partial charge in [-0.15, -0.1) is 0 Å². The van der Waals surface area contributed by atoms with Crippen LogP contribution in [0.15, 0.2) is 36.9 Å². The van der Waals surface area contributed by atoms with E-state index in [2.05, 4.69) is 43.0 Å². The van der Waals surface area contributed by atoms with Crippen molar-refractivity contribution in [2.24, 2.45) is 0 Å².